The lowest BCUT2D eigenvalue weighted by molar-refractivity contribution is 0.898. The molecule has 0 fully saturated rings. The molecule has 0 aliphatic rings. The Morgan fingerprint density at radius 3 is 2.67 bits per heavy atom. The van der Waals surface area contributed by atoms with E-state index in [-0.39, 0.29) is 0 Å². The van der Waals surface area contributed by atoms with Crippen molar-refractivity contribution in [2.75, 3.05) is 0 Å². The topological polar surface area (TPSA) is 43.1 Å². The third-order valence-corrected chi connectivity index (χ3v) is 4.32. The zero-order valence-corrected chi connectivity index (χ0v) is 12.1. The van der Waals surface area contributed by atoms with E-state index in [0.717, 1.165) is 5.82 Å². The fourth-order valence-corrected chi connectivity index (χ4v) is 3.19. The Hall–Kier alpha value is -0.880. The van der Waals surface area contributed by atoms with Gasteiger partial charge in [0, 0.05) is 10.6 Å². The minimum atomic E-state index is 0.404. The number of fused-ring (bicyclic) bond motifs is 1. The molecule has 4 nitrogen and oxygen atoms in total. The minimum absolute atomic E-state index is 0.404. The number of aromatic nitrogens is 4. The largest absolute Gasteiger partial charge is 0.234 e. The van der Waals surface area contributed by atoms with E-state index in [1.807, 2.05) is 6.92 Å². The highest BCUT2D eigenvalue weighted by Crippen LogP contribution is 2.38. The van der Waals surface area contributed by atoms with Gasteiger partial charge in [0.05, 0.1) is 10.0 Å². The predicted octanol–water partition coefficient (Wildman–Crippen LogP) is 4.12. The summed E-state index contributed by atoms with van der Waals surface area (Å²) >= 11 is 19.5. The van der Waals surface area contributed by atoms with Crippen molar-refractivity contribution in [3.63, 3.8) is 0 Å². The highest BCUT2D eigenvalue weighted by Gasteiger charge is 2.15. The summed E-state index contributed by atoms with van der Waals surface area (Å²) < 4.78 is 1.66. The molecule has 0 aliphatic heterocycles. The lowest BCUT2D eigenvalue weighted by atomic mass is 10.2. The Labute approximate surface area is 121 Å². The second-order valence-corrected chi connectivity index (χ2v) is 5.78. The van der Waals surface area contributed by atoms with Crippen molar-refractivity contribution < 1.29 is 0 Å². The van der Waals surface area contributed by atoms with Crippen LogP contribution >= 0.6 is 46.1 Å². The van der Waals surface area contributed by atoms with Crippen LogP contribution in [0.5, 0.6) is 0 Å². The number of benzene rings is 1. The SMILES string of the molecule is Cc1nnc2sc(-c3cc(Cl)cc(Cl)c3Cl)nn12. The molecule has 3 rings (SSSR count). The molecule has 0 N–H and O–H groups in total. The first-order valence-electron chi connectivity index (χ1n) is 4.90. The van der Waals surface area contributed by atoms with E-state index in [1.165, 1.54) is 11.3 Å². The zero-order valence-electron chi connectivity index (χ0n) is 8.99. The van der Waals surface area contributed by atoms with Crippen LogP contribution in [0.1, 0.15) is 5.82 Å². The van der Waals surface area contributed by atoms with Gasteiger partial charge in [-0.1, -0.05) is 46.1 Å². The number of aryl methyl sites for hydroxylation is 1. The van der Waals surface area contributed by atoms with Gasteiger partial charge in [-0.2, -0.15) is 9.61 Å². The molecular formula is C10H5Cl3N4S. The molecule has 0 saturated heterocycles. The Morgan fingerprint density at radius 1 is 1.17 bits per heavy atom. The van der Waals surface area contributed by atoms with Gasteiger partial charge in [-0.05, 0) is 19.1 Å². The third-order valence-electron chi connectivity index (χ3n) is 2.37. The molecule has 1 aromatic carbocycles. The van der Waals surface area contributed by atoms with Crippen LogP contribution in [0.2, 0.25) is 15.1 Å². The molecule has 0 amide bonds. The smallest absolute Gasteiger partial charge is 0.187 e. The van der Waals surface area contributed by atoms with E-state index in [2.05, 4.69) is 15.3 Å². The lowest BCUT2D eigenvalue weighted by Gasteiger charge is -2.02. The summed E-state index contributed by atoms with van der Waals surface area (Å²) in [5, 5.41) is 14.4. The summed E-state index contributed by atoms with van der Waals surface area (Å²) in [5.74, 6) is 0.719. The van der Waals surface area contributed by atoms with Crippen molar-refractivity contribution >= 4 is 51.1 Å². The predicted molar refractivity (Wildman–Crippen MR) is 73.9 cm³/mol. The molecule has 18 heavy (non-hydrogen) atoms. The Balaban J connectivity index is 2.25. The monoisotopic (exact) mass is 318 g/mol. The van der Waals surface area contributed by atoms with Gasteiger partial charge in [0.1, 0.15) is 5.01 Å². The second-order valence-electron chi connectivity index (χ2n) is 3.60. The van der Waals surface area contributed by atoms with E-state index in [1.54, 1.807) is 16.6 Å². The first-order valence-corrected chi connectivity index (χ1v) is 6.85. The summed E-state index contributed by atoms with van der Waals surface area (Å²) in [6.45, 7) is 1.83. The van der Waals surface area contributed by atoms with Crippen molar-refractivity contribution in [3.8, 4) is 10.6 Å². The fourth-order valence-electron chi connectivity index (χ4n) is 1.54. The van der Waals surface area contributed by atoms with Gasteiger partial charge in [0.15, 0.2) is 5.82 Å². The van der Waals surface area contributed by atoms with Gasteiger partial charge < -0.3 is 0 Å². The molecule has 8 heteroatoms. The summed E-state index contributed by atoms with van der Waals surface area (Å²) in [6.07, 6.45) is 0. The van der Waals surface area contributed by atoms with Crippen molar-refractivity contribution in [3.05, 3.63) is 33.0 Å². The minimum Gasteiger partial charge on any atom is -0.187 e. The summed E-state index contributed by atoms with van der Waals surface area (Å²) in [4.78, 5) is 0.703. The van der Waals surface area contributed by atoms with Crippen molar-refractivity contribution in [2.45, 2.75) is 6.92 Å². The van der Waals surface area contributed by atoms with Crippen molar-refractivity contribution in [2.24, 2.45) is 0 Å². The van der Waals surface area contributed by atoms with Crippen LogP contribution in [-0.4, -0.2) is 19.8 Å². The molecule has 0 atom stereocenters. The number of halogens is 3. The van der Waals surface area contributed by atoms with Gasteiger partial charge in [-0.15, -0.1) is 10.2 Å². The van der Waals surface area contributed by atoms with Crippen LogP contribution in [0.25, 0.3) is 15.5 Å². The maximum Gasteiger partial charge on any atom is 0.234 e. The van der Waals surface area contributed by atoms with Gasteiger partial charge >= 0.3 is 0 Å². The molecule has 0 bridgehead atoms. The van der Waals surface area contributed by atoms with Gasteiger partial charge in [-0.3, -0.25) is 0 Å². The normalized spacial score (nSPS) is 11.3. The Morgan fingerprint density at radius 2 is 1.94 bits per heavy atom. The molecule has 0 aliphatic carbocycles. The molecule has 92 valence electrons. The van der Waals surface area contributed by atoms with E-state index in [0.29, 0.717) is 30.6 Å². The zero-order chi connectivity index (χ0) is 12.9. The average Bonchev–Trinajstić information content (AvgIpc) is 2.86. The number of hydrogen-bond acceptors (Lipinski definition) is 4. The van der Waals surface area contributed by atoms with E-state index in [9.17, 15) is 0 Å². The Kier molecular flexibility index (Phi) is 2.94. The second kappa shape index (κ2) is 4.35. The Bertz CT molecular complexity index is 749. The fraction of sp³-hybridized carbons (Fsp3) is 0.100. The maximum atomic E-state index is 6.16. The highest BCUT2D eigenvalue weighted by molar-refractivity contribution is 7.19. The van der Waals surface area contributed by atoms with Gasteiger partial charge in [-0.25, -0.2) is 0 Å². The number of rotatable bonds is 1. The molecule has 2 heterocycles. The van der Waals surface area contributed by atoms with E-state index in [4.69, 9.17) is 34.8 Å². The van der Waals surface area contributed by atoms with Crippen LogP contribution < -0.4 is 0 Å². The van der Waals surface area contributed by atoms with Crippen LogP contribution in [0.4, 0.5) is 0 Å². The quantitative estimate of drug-likeness (QED) is 0.634. The first-order chi connectivity index (χ1) is 8.56. The van der Waals surface area contributed by atoms with Crippen molar-refractivity contribution in [1.82, 2.24) is 19.8 Å². The standard InChI is InChI=1S/C10H5Cl3N4S/c1-4-14-15-10-17(4)16-9(18-10)6-2-5(11)3-7(12)8(6)13/h2-3H,1H3. The van der Waals surface area contributed by atoms with Crippen LogP contribution in [0.3, 0.4) is 0 Å². The average molecular weight is 320 g/mol. The van der Waals surface area contributed by atoms with E-state index >= 15 is 0 Å². The highest BCUT2D eigenvalue weighted by atomic mass is 35.5. The summed E-state index contributed by atoms with van der Waals surface area (Å²) in [5.41, 5.74) is 0.698. The summed E-state index contributed by atoms with van der Waals surface area (Å²) in [7, 11) is 0. The van der Waals surface area contributed by atoms with Crippen LogP contribution in [0, 0.1) is 6.92 Å². The molecule has 0 saturated carbocycles. The molecule has 2 aromatic heterocycles. The van der Waals surface area contributed by atoms with Crippen LogP contribution in [-0.2, 0) is 0 Å². The molecule has 0 radical (unpaired) electrons. The maximum absolute atomic E-state index is 6.16. The van der Waals surface area contributed by atoms with Crippen LogP contribution in [0.15, 0.2) is 12.1 Å². The lowest BCUT2D eigenvalue weighted by Crippen LogP contribution is -1.89. The third kappa shape index (κ3) is 1.87. The summed E-state index contributed by atoms with van der Waals surface area (Å²) in [6, 6.07) is 3.33. The number of nitrogens with zero attached hydrogens (tertiary/aromatic N) is 4. The van der Waals surface area contributed by atoms with Crippen molar-refractivity contribution in [1.29, 1.82) is 0 Å². The molecule has 3 aromatic rings. The van der Waals surface area contributed by atoms with E-state index < -0.39 is 0 Å². The van der Waals surface area contributed by atoms with Gasteiger partial charge in [0.25, 0.3) is 0 Å². The van der Waals surface area contributed by atoms with Gasteiger partial charge in [0.2, 0.25) is 4.96 Å². The molecular weight excluding hydrogens is 315 g/mol. The molecule has 0 spiro atoms. The number of hydrogen-bond donors (Lipinski definition) is 0. The molecule has 0 unspecified atom stereocenters. The first kappa shape index (κ1) is 12.2.